The number of hydrogen-bond donors (Lipinski definition) is 1. The van der Waals surface area contributed by atoms with E-state index in [-0.39, 0.29) is 11.7 Å². The van der Waals surface area contributed by atoms with E-state index in [1.807, 2.05) is 13.0 Å². The van der Waals surface area contributed by atoms with E-state index in [2.05, 4.69) is 5.32 Å². The Balaban J connectivity index is 1.96. The topological polar surface area (TPSA) is 51.5 Å². The molecule has 2 rings (SSSR count). The van der Waals surface area contributed by atoms with E-state index < -0.39 is 0 Å². The van der Waals surface area contributed by atoms with Crippen LogP contribution in [-0.2, 0) is 6.54 Å². The second-order valence-corrected chi connectivity index (χ2v) is 4.26. The van der Waals surface area contributed by atoms with Gasteiger partial charge in [-0.15, -0.1) is 0 Å². The number of hydrogen-bond acceptors (Lipinski definition) is 3. The van der Waals surface area contributed by atoms with Crippen LogP contribution in [0.2, 0.25) is 5.02 Å². The predicted octanol–water partition coefficient (Wildman–Crippen LogP) is 3.26. The van der Waals surface area contributed by atoms with Crippen molar-refractivity contribution in [3.05, 3.63) is 52.9 Å². The lowest BCUT2D eigenvalue weighted by molar-refractivity contribution is 0.0923. The molecule has 1 aromatic carbocycles. The molecule has 0 aliphatic heterocycles. The molecule has 5 heteroatoms. The van der Waals surface area contributed by atoms with Crippen LogP contribution in [0.15, 0.2) is 41.0 Å². The lowest BCUT2D eigenvalue weighted by Gasteiger charge is -2.08. The fourth-order valence-corrected chi connectivity index (χ4v) is 1.86. The summed E-state index contributed by atoms with van der Waals surface area (Å²) in [6.07, 6.45) is 1.46. The highest BCUT2D eigenvalue weighted by molar-refractivity contribution is 6.32. The maximum atomic E-state index is 11.7. The van der Waals surface area contributed by atoms with Crippen LogP contribution in [0.25, 0.3) is 0 Å². The molecule has 1 heterocycles. The highest BCUT2D eigenvalue weighted by Crippen LogP contribution is 2.25. The molecule has 19 heavy (non-hydrogen) atoms. The van der Waals surface area contributed by atoms with E-state index in [0.717, 1.165) is 5.56 Å². The Morgan fingerprint density at radius 1 is 1.42 bits per heavy atom. The molecule has 0 saturated heterocycles. The Morgan fingerprint density at radius 3 is 2.89 bits per heavy atom. The van der Waals surface area contributed by atoms with Crippen molar-refractivity contribution in [3.63, 3.8) is 0 Å². The molecule has 0 spiro atoms. The van der Waals surface area contributed by atoms with Gasteiger partial charge in [-0.25, -0.2) is 0 Å². The van der Waals surface area contributed by atoms with Gasteiger partial charge in [-0.05, 0) is 36.8 Å². The molecular formula is C14H14ClNO3. The SMILES string of the molecule is CCOc1ccc(CNC(=O)c2ccco2)cc1Cl. The van der Waals surface area contributed by atoms with E-state index in [9.17, 15) is 4.79 Å². The van der Waals surface area contributed by atoms with Gasteiger partial charge in [-0.3, -0.25) is 4.79 Å². The highest BCUT2D eigenvalue weighted by atomic mass is 35.5. The largest absolute Gasteiger partial charge is 0.492 e. The van der Waals surface area contributed by atoms with Crippen LogP contribution in [0, 0.1) is 0 Å². The van der Waals surface area contributed by atoms with Crippen LogP contribution in [0.5, 0.6) is 5.75 Å². The summed E-state index contributed by atoms with van der Waals surface area (Å²) in [5, 5.41) is 3.28. The van der Waals surface area contributed by atoms with E-state index >= 15 is 0 Å². The second kappa shape index (κ2) is 6.29. The van der Waals surface area contributed by atoms with Gasteiger partial charge in [0.15, 0.2) is 5.76 Å². The summed E-state index contributed by atoms with van der Waals surface area (Å²) >= 11 is 6.07. The number of nitrogens with one attached hydrogen (secondary N) is 1. The first-order valence-electron chi connectivity index (χ1n) is 5.93. The third kappa shape index (κ3) is 3.51. The first-order chi connectivity index (χ1) is 9.20. The Labute approximate surface area is 116 Å². The summed E-state index contributed by atoms with van der Waals surface area (Å²) < 4.78 is 10.3. The second-order valence-electron chi connectivity index (χ2n) is 3.86. The van der Waals surface area contributed by atoms with E-state index in [4.69, 9.17) is 20.8 Å². The van der Waals surface area contributed by atoms with E-state index in [0.29, 0.717) is 23.9 Å². The Morgan fingerprint density at radius 2 is 2.26 bits per heavy atom. The smallest absolute Gasteiger partial charge is 0.287 e. The summed E-state index contributed by atoms with van der Waals surface area (Å²) in [5.74, 6) is 0.678. The van der Waals surface area contributed by atoms with Gasteiger partial charge in [0.2, 0.25) is 0 Å². The minimum Gasteiger partial charge on any atom is -0.492 e. The summed E-state index contributed by atoms with van der Waals surface area (Å²) in [4.78, 5) is 11.7. The van der Waals surface area contributed by atoms with Crippen molar-refractivity contribution in [2.24, 2.45) is 0 Å². The Hall–Kier alpha value is -1.94. The summed E-state index contributed by atoms with van der Waals surface area (Å²) in [6, 6.07) is 8.71. The van der Waals surface area contributed by atoms with Crippen molar-refractivity contribution >= 4 is 17.5 Å². The van der Waals surface area contributed by atoms with Crippen molar-refractivity contribution < 1.29 is 13.9 Å². The Bertz CT molecular complexity index is 552. The molecule has 0 aliphatic rings. The molecule has 2 aromatic rings. The quantitative estimate of drug-likeness (QED) is 0.914. The van der Waals surface area contributed by atoms with Crippen LogP contribution in [0.1, 0.15) is 23.0 Å². The third-order valence-corrected chi connectivity index (χ3v) is 2.79. The number of furan rings is 1. The molecule has 1 amide bonds. The molecule has 0 unspecified atom stereocenters. The highest BCUT2D eigenvalue weighted by Gasteiger charge is 2.08. The van der Waals surface area contributed by atoms with Gasteiger partial charge in [-0.1, -0.05) is 17.7 Å². The van der Waals surface area contributed by atoms with Crippen molar-refractivity contribution in [1.29, 1.82) is 0 Å². The molecule has 0 radical (unpaired) electrons. The van der Waals surface area contributed by atoms with Crippen LogP contribution in [0.4, 0.5) is 0 Å². The lowest BCUT2D eigenvalue weighted by atomic mass is 10.2. The van der Waals surface area contributed by atoms with Crippen molar-refractivity contribution in [2.45, 2.75) is 13.5 Å². The fraction of sp³-hybridized carbons (Fsp3) is 0.214. The molecule has 1 aromatic heterocycles. The van der Waals surface area contributed by atoms with Crippen LogP contribution in [0.3, 0.4) is 0 Å². The van der Waals surface area contributed by atoms with Gasteiger partial charge >= 0.3 is 0 Å². The number of halogens is 1. The van der Waals surface area contributed by atoms with Crippen LogP contribution >= 0.6 is 11.6 Å². The van der Waals surface area contributed by atoms with Gasteiger partial charge in [0.1, 0.15) is 5.75 Å². The van der Waals surface area contributed by atoms with Crippen LogP contribution < -0.4 is 10.1 Å². The molecule has 0 aliphatic carbocycles. The molecular weight excluding hydrogens is 266 g/mol. The van der Waals surface area contributed by atoms with Crippen LogP contribution in [-0.4, -0.2) is 12.5 Å². The standard InChI is InChI=1S/C14H14ClNO3/c1-2-18-12-6-5-10(8-11(12)15)9-16-14(17)13-4-3-7-19-13/h3-8H,2,9H2,1H3,(H,16,17). The fourth-order valence-electron chi connectivity index (χ4n) is 1.60. The molecule has 1 N–H and O–H groups in total. The van der Waals surface area contributed by atoms with Gasteiger partial charge in [0.25, 0.3) is 5.91 Å². The average molecular weight is 280 g/mol. The monoisotopic (exact) mass is 279 g/mol. The molecule has 4 nitrogen and oxygen atoms in total. The average Bonchev–Trinajstić information content (AvgIpc) is 2.93. The van der Waals surface area contributed by atoms with E-state index in [1.54, 1.807) is 24.3 Å². The maximum absolute atomic E-state index is 11.7. The molecule has 100 valence electrons. The number of carbonyl (C=O) groups excluding carboxylic acids is 1. The number of rotatable bonds is 5. The summed E-state index contributed by atoms with van der Waals surface area (Å²) in [7, 11) is 0. The summed E-state index contributed by atoms with van der Waals surface area (Å²) in [5.41, 5.74) is 0.897. The molecule has 0 bridgehead atoms. The first kappa shape index (κ1) is 13.5. The molecule has 0 saturated carbocycles. The van der Waals surface area contributed by atoms with Gasteiger partial charge < -0.3 is 14.5 Å². The van der Waals surface area contributed by atoms with Crippen molar-refractivity contribution in [1.82, 2.24) is 5.32 Å². The van der Waals surface area contributed by atoms with E-state index in [1.165, 1.54) is 6.26 Å². The lowest BCUT2D eigenvalue weighted by Crippen LogP contribution is -2.22. The zero-order valence-electron chi connectivity index (χ0n) is 10.5. The number of amides is 1. The first-order valence-corrected chi connectivity index (χ1v) is 6.31. The predicted molar refractivity (Wildman–Crippen MR) is 72.5 cm³/mol. The zero-order chi connectivity index (χ0) is 13.7. The maximum Gasteiger partial charge on any atom is 0.287 e. The Kier molecular flexibility index (Phi) is 4.47. The minimum absolute atomic E-state index is 0.255. The van der Waals surface area contributed by atoms with Crippen molar-refractivity contribution in [3.8, 4) is 5.75 Å². The normalized spacial score (nSPS) is 10.2. The van der Waals surface area contributed by atoms with Gasteiger partial charge in [0.05, 0.1) is 17.9 Å². The number of carbonyl (C=O) groups is 1. The zero-order valence-corrected chi connectivity index (χ0v) is 11.2. The van der Waals surface area contributed by atoms with Gasteiger partial charge in [0, 0.05) is 6.54 Å². The number of ether oxygens (including phenoxy) is 1. The third-order valence-electron chi connectivity index (χ3n) is 2.49. The summed E-state index contributed by atoms with van der Waals surface area (Å²) in [6.45, 7) is 2.84. The minimum atomic E-state index is -0.255. The number of benzene rings is 1. The molecule has 0 fully saturated rings. The molecule has 0 atom stereocenters. The van der Waals surface area contributed by atoms with Crippen molar-refractivity contribution in [2.75, 3.05) is 6.61 Å². The van der Waals surface area contributed by atoms with Gasteiger partial charge in [-0.2, -0.15) is 0 Å².